The molecule has 76 valence electrons. The maximum Gasteiger partial charge on any atom is 0.191 e. The summed E-state index contributed by atoms with van der Waals surface area (Å²) in [4.78, 5) is 7.81. The quantitative estimate of drug-likeness (QED) is 0.594. The molecule has 0 spiro atoms. The highest BCUT2D eigenvalue weighted by Crippen LogP contribution is 2.11. The van der Waals surface area contributed by atoms with Crippen LogP contribution in [0.1, 0.15) is 17.7 Å². The summed E-state index contributed by atoms with van der Waals surface area (Å²) in [6.45, 7) is 2.86. The third kappa shape index (κ3) is 2.26. The molecule has 0 saturated carbocycles. The lowest BCUT2D eigenvalue weighted by atomic mass is 10.4. The van der Waals surface area contributed by atoms with Gasteiger partial charge in [0.2, 0.25) is 0 Å². The van der Waals surface area contributed by atoms with Crippen LogP contribution in [0.15, 0.2) is 22.5 Å². The number of thiophene rings is 1. The molecule has 1 aromatic heterocycles. The predicted octanol–water partition coefficient (Wildman–Crippen LogP) is 1.66. The Labute approximate surface area is 88.3 Å². The zero-order valence-electron chi connectivity index (χ0n) is 8.15. The molecule has 4 heteroatoms. The van der Waals surface area contributed by atoms with Gasteiger partial charge in [0.15, 0.2) is 5.96 Å². The van der Waals surface area contributed by atoms with Crippen molar-refractivity contribution in [1.29, 1.82) is 0 Å². The lowest BCUT2D eigenvalue weighted by Gasteiger charge is -2.15. The van der Waals surface area contributed by atoms with E-state index in [1.165, 1.54) is 17.7 Å². The summed E-state index contributed by atoms with van der Waals surface area (Å²) in [5.41, 5.74) is 5.88. The van der Waals surface area contributed by atoms with Crippen molar-refractivity contribution in [2.75, 3.05) is 13.1 Å². The third-order valence-electron chi connectivity index (χ3n) is 2.41. The first kappa shape index (κ1) is 9.52. The second-order valence-corrected chi connectivity index (χ2v) is 4.48. The second kappa shape index (κ2) is 4.46. The monoisotopic (exact) mass is 209 g/mol. The normalized spacial score (nSPS) is 17.7. The van der Waals surface area contributed by atoms with Crippen molar-refractivity contribution in [2.24, 2.45) is 10.7 Å². The van der Waals surface area contributed by atoms with Gasteiger partial charge >= 0.3 is 0 Å². The van der Waals surface area contributed by atoms with Crippen molar-refractivity contribution in [2.45, 2.75) is 19.4 Å². The van der Waals surface area contributed by atoms with Crippen molar-refractivity contribution in [3.8, 4) is 0 Å². The van der Waals surface area contributed by atoms with Crippen LogP contribution in [0.4, 0.5) is 0 Å². The van der Waals surface area contributed by atoms with Crippen molar-refractivity contribution in [1.82, 2.24) is 4.90 Å². The van der Waals surface area contributed by atoms with E-state index in [1.54, 1.807) is 11.3 Å². The fraction of sp³-hybridized carbons (Fsp3) is 0.500. The smallest absolute Gasteiger partial charge is 0.191 e. The summed E-state index contributed by atoms with van der Waals surface area (Å²) in [6.07, 6.45) is 2.49. The molecular formula is C10H15N3S. The molecule has 14 heavy (non-hydrogen) atoms. The Kier molecular flexibility index (Phi) is 3.03. The molecule has 0 unspecified atom stereocenters. The van der Waals surface area contributed by atoms with Gasteiger partial charge < -0.3 is 10.6 Å². The highest BCUT2D eigenvalue weighted by molar-refractivity contribution is 7.09. The summed E-state index contributed by atoms with van der Waals surface area (Å²) in [7, 11) is 0. The topological polar surface area (TPSA) is 41.6 Å². The van der Waals surface area contributed by atoms with Crippen LogP contribution in [-0.4, -0.2) is 23.9 Å². The minimum absolute atomic E-state index is 0.705. The number of guanidine groups is 1. The average Bonchev–Trinajstić information content (AvgIpc) is 2.87. The molecule has 1 aliphatic rings. The van der Waals surface area contributed by atoms with Gasteiger partial charge in [-0.3, -0.25) is 0 Å². The van der Waals surface area contributed by atoms with E-state index in [0.717, 1.165) is 19.6 Å². The summed E-state index contributed by atoms with van der Waals surface area (Å²) in [5.74, 6) is 0.705. The molecule has 1 saturated heterocycles. The van der Waals surface area contributed by atoms with E-state index in [4.69, 9.17) is 5.73 Å². The highest BCUT2D eigenvalue weighted by atomic mass is 32.1. The molecule has 0 aromatic carbocycles. The Hall–Kier alpha value is -1.03. The first-order valence-electron chi connectivity index (χ1n) is 4.93. The number of aliphatic imine (C=N–C) groups is 1. The Bertz CT molecular complexity index is 299. The van der Waals surface area contributed by atoms with Crippen molar-refractivity contribution in [3.05, 3.63) is 22.4 Å². The lowest BCUT2D eigenvalue weighted by Crippen LogP contribution is -2.34. The molecule has 0 amide bonds. The van der Waals surface area contributed by atoms with Gasteiger partial charge in [0.25, 0.3) is 0 Å². The molecule has 0 bridgehead atoms. The molecule has 1 aromatic rings. The van der Waals surface area contributed by atoms with Crippen LogP contribution in [0, 0.1) is 0 Å². The summed E-state index contributed by atoms with van der Waals surface area (Å²) >= 11 is 1.73. The van der Waals surface area contributed by atoms with E-state index in [2.05, 4.69) is 21.3 Å². The standard InChI is InChI=1S/C10H15N3S/c11-10(13-5-1-2-6-13)12-8-9-4-3-7-14-9/h3-4,7H,1-2,5-6,8H2,(H2,11,12). The average molecular weight is 209 g/mol. The number of rotatable bonds is 2. The first-order chi connectivity index (χ1) is 6.86. The molecule has 2 rings (SSSR count). The highest BCUT2D eigenvalue weighted by Gasteiger charge is 2.12. The molecule has 1 aliphatic heterocycles. The number of nitrogens with zero attached hydrogens (tertiary/aromatic N) is 2. The molecule has 0 atom stereocenters. The molecule has 0 aliphatic carbocycles. The Balaban J connectivity index is 1.90. The van der Waals surface area contributed by atoms with E-state index in [-0.39, 0.29) is 0 Å². The molecule has 0 radical (unpaired) electrons. The van der Waals surface area contributed by atoms with Crippen LogP contribution in [0.3, 0.4) is 0 Å². The van der Waals surface area contributed by atoms with Gasteiger partial charge in [0.05, 0.1) is 6.54 Å². The van der Waals surface area contributed by atoms with Crippen LogP contribution in [0.25, 0.3) is 0 Å². The van der Waals surface area contributed by atoms with Gasteiger partial charge in [-0.1, -0.05) is 6.07 Å². The fourth-order valence-electron chi connectivity index (χ4n) is 1.61. The van der Waals surface area contributed by atoms with Crippen LogP contribution in [-0.2, 0) is 6.54 Å². The molecule has 2 N–H and O–H groups in total. The Morgan fingerprint density at radius 1 is 1.50 bits per heavy atom. The van der Waals surface area contributed by atoms with E-state index >= 15 is 0 Å². The zero-order chi connectivity index (χ0) is 9.80. The number of hydrogen-bond acceptors (Lipinski definition) is 2. The van der Waals surface area contributed by atoms with Crippen molar-refractivity contribution in [3.63, 3.8) is 0 Å². The zero-order valence-corrected chi connectivity index (χ0v) is 8.96. The van der Waals surface area contributed by atoms with E-state index < -0.39 is 0 Å². The number of hydrogen-bond donors (Lipinski definition) is 1. The third-order valence-corrected chi connectivity index (χ3v) is 3.27. The maximum atomic E-state index is 5.88. The fourth-order valence-corrected chi connectivity index (χ4v) is 2.24. The Morgan fingerprint density at radius 3 is 2.93 bits per heavy atom. The summed E-state index contributed by atoms with van der Waals surface area (Å²) < 4.78 is 0. The Morgan fingerprint density at radius 2 is 2.29 bits per heavy atom. The molecule has 2 heterocycles. The first-order valence-corrected chi connectivity index (χ1v) is 5.81. The van der Waals surface area contributed by atoms with Gasteiger partial charge in [-0.15, -0.1) is 11.3 Å². The van der Waals surface area contributed by atoms with E-state index in [9.17, 15) is 0 Å². The number of likely N-dealkylation sites (tertiary alicyclic amines) is 1. The van der Waals surface area contributed by atoms with Crippen LogP contribution in [0.5, 0.6) is 0 Å². The number of nitrogens with two attached hydrogens (primary N) is 1. The minimum Gasteiger partial charge on any atom is -0.370 e. The van der Waals surface area contributed by atoms with Crippen molar-refractivity contribution < 1.29 is 0 Å². The lowest BCUT2D eigenvalue weighted by molar-refractivity contribution is 0.510. The molecule has 1 fully saturated rings. The minimum atomic E-state index is 0.705. The molecular weight excluding hydrogens is 194 g/mol. The van der Waals surface area contributed by atoms with E-state index in [1.807, 2.05) is 6.07 Å². The second-order valence-electron chi connectivity index (χ2n) is 3.45. The van der Waals surface area contributed by atoms with Gasteiger partial charge in [0, 0.05) is 18.0 Å². The van der Waals surface area contributed by atoms with Gasteiger partial charge in [-0.2, -0.15) is 0 Å². The van der Waals surface area contributed by atoms with Crippen molar-refractivity contribution >= 4 is 17.3 Å². The van der Waals surface area contributed by atoms with Crippen LogP contribution >= 0.6 is 11.3 Å². The maximum absolute atomic E-state index is 5.88. The summed E-state index contributed by atoms with van der Waals surface area (Å²) in [6, 6.07) is 4.13. The van der Waals surface area contributed by atoms with E-state index in [0.29, 0.717) is 5.96 Å². The summed E-state index contributed by atoms with van der Waals surface area (Å²) in [5, 5.41) is 2.07. The predicted molar refractivity (Wildman–Crippen MR) is 60.5 cm³/mol. The van der Waals surface area contributed by atoms with Gasteiger partial charge in [-0.25, -0.2) is 4.99 Å². The largest absolute Gasteiger partial charge is 0.370 e. The SMILES string of the molecule is NC(=NCc1cccs1)N1CCCC1. The molecule has 3 nitrogen and oxygen atoms in total. The van der Waals surface area contributed by atoms with Gasteiger partial charge in [-0.05, 0) is 24.3 Å². The van der Waals surface area contributed by atoms with Crippen LogP contribution < -0.4 is 5.73 Å². The van der Waals surface area contributed by atoms with Gasteiger partial charge in [0.1, 0.15) is 0 Å². The van der Waals surface area contributed by atoms with Crippen LogP contribution in [0.2, 0.25) is 0 Å².